The Labute approximate surface area is 154 Å². The van der Waals surface area contributed by atoms with Crippen LogP contribution in [0.4, 0.5) is 5.69 Å². The third-order valence-electron chi connectivity index (χ3n) is 4.26. The lowest BCUT2D eigenvalue weighted by Crippen LogP contribution is -2.31. The molecule has 0 bridgehead atoms. The average molecular weight is 367 g/mol. The van der Waals surface area contributed by atoms with Crippen molar-refractivity contribution >= 4 is 15.7 Å². The first-order valence-corrected chi connectivity index (χ1v) is 9.73. The molecule has 0 saturated heterocycles. The van der Waals surface area contributed by atoms with Crippen molar-refractivity contribution in [3.63, 3.8) is 0 Å². The number of para-hydroxylation sites is 2. The molecule has 0 aliphatic heterocycles. The van der Waals surface area contributed by atoms with Crippen LogP contribution in [0.15, 0.2) is 83.8 Å². The van der Waals surface area contributed by atoms with Crippen molar-refractivity contribution < 1.29 is 13.2 Å². The minimum Gasteiger partial charge on any atom is -0.495 e. The van der Waals surface area contributed by atoms with Crippen molar-refractivity contribution in [1.29, 1.82) is 0 Å². The Bertz CT molecular complexity index is 985. The van der Waals surface area contributed by atoms with Crippen molar-refractivity contribution in [3.05, 3.63) is 90.0 Å². The lowest BCUT2D eigenvalue weighted by Gasteiger charge is -2.26. The Morgan fingerprint density at radius 1 is 0.846 bits per heavy atom. The molecule has 3 aromatic rings. The molecule has 0 atom stereocenters. The van der Waals surface area contributed by atoms with Gasteiger partial charge in [0.05, 0.1) is 24.2 Å². The van der Waals surface area contributed by atoms with E-state index in [0.29, 0.717) is 11.4 Å². The molecule has 4 nitrogen and oxygen atoms in total. The highest BCUT2D eigenvalue weighted by atomic mass is 32.2. The molecule has 0 heterocycles. The van der Waals surface area contributed by atoms with Gasteiger partial charge >= 0.3 is 0 Å². The van der Waals surface area contributed by atoms with Crippen LogP contribution in [0.5, 0.6) is 5.75 Å². The second-order valence-corrected chi connectivity index (χ2v) is 7.79. The molecule has 0 amide bonds. The maximum atomic E-state index is 13.4. The highest BCUT2D eigenvalue weighted by Crippen LogP contribution is 2.33. The van der Waals surface area contributed by atoms with Gasteiger partial charge in [0.15, 0.2) is 0 Å². The van der Waals surface area contributed by atoms with Crippen LogP contribution < -0.4 is 9.04 Å². The summed E-state index contributed by atoms with van der Waals surface area (Å²) in [6.07, 6.45) is 0. The fourth-order valence-electron chi connectivity index (χ4n) is 2.80. The Kier molecular flexibility index (Phi) is 5.28. The summed E-state index contributed by atoms with van der Waals surface area (Å²) >= 11 is 0. The largest absolute Gasteiger partial charge is 0.495 e. The monoisotopic (exact) mass is 367 g/mol. The topological polar surface area (TPSA) is 46.6 Å². The van der Waals surface area contributed by atoms with E-state index >= 15 is 0 Å². The number of anilines is 1. The maximum Gasteiger partial charge on any atom is 0.264 e. The van der Waals surface area contributed by atoms with E-state index in [0.717, 1.165) is 11.1 Å². The number of sulfonamides is 1. The first-order chi connectivity index (χ1) is 12.5. The molecule has 134 valence electrons. The van der Waals surface area contributed by atoms with Crippen molar-refractivity contribution in [2.45, 2.75) is 18.4 Å². The number of rotatable bonds is 6. The molecule has 0 spiro atoms. The van der Waals surface area contributed by atoms with E-state index in [1.807, 2.05) is 43.3 Å². The van der Waals surface area contributed by atoms with Gasteiger partial charge in [-0.25, -0.2) is 8.42 Å². The van der Waals surface area contributed by atoms with Crippen LogP contribution >= 0.6 is 0 Å². The van der Waals surface area contributed by atoms with E-state index < -0.39 is 10.0 Å². The Hall–Kier alpha value is -2.79. The van der Waals surface area contributed by atoms with Gasteiger partial charge in [0.2, 0.25) is 0 Å². The number of aryl methyl sites for hydroxylation is 1. The minimum absolute atomic E-state index is 0.226. The Balaban J connectivity index is 2.15. The third kappa shape index (κ3) is 3.58. The fourth-order valence-corrected chi connectivity index (χ4v) is 4.27. The molecule has 0 saturated carbocycles. The molecule has 0 N–H and O–H groups in total. The van der Waals surface area contributed by atoms with Gasteiger partial charge in [-0.3, -0.25) is 4.31 Å². The second kappa shape index (κ2) is 7.62. The number of benzene rings is 3. The molecule has 0 aromatic heterocycles. The first-order valence-electron chi connectivity index (χ1n) is 8.29. The Morgan fingerprint density at radius 3 is 2.15 bits per heavy atom. The molecule has 5 heteroatoms. The van der Waals surface area contributed by atoms with Crippen LogP contribution in [0.1, 0.15) is 11.1 Å². The normalized spacial score (nSPS) is 11.2. The quantitative estimate of drug-likeness (QED) is 0.649. The Morgan fingerprint density at radius 2 is 1.46 bits per heavy atom. The summed E-state index contributed by atoms with van der Waals surface area (Å²) in [6, 6.07) is 23.4. The standard InChI is InChI=1S/C21H21NO3S/c1-17-10-6-7-11-18(17)16-22(20-14-8-9-15-21(20)25-2)26(23,24)19-12-4-3-5-13-19/h3-15H,16H2,1-2H3. The van der Waals surface area contributed by atoms with Gasteiger partial charge in [0, 0.05) is 0 Å². The summed E-state index contributed by atoms with van der Waals surface area (Å²) in [5.41, 5.74) is 2.50. The molecule has 3 aromatic carbocycles. The fraction of sp³-hybridized carbons (Fsp3) is 0.143. The van der Waals surface area contributed by atoms with E-state index in [4.69, 9.17) is 4.74 Å². The summed E-state index contributed by atoms with van der Waals surface area (Å²) < 4.78 is 33.6. The predicted molar refractivity (Wildman–Crippen MR) is 104 cm³/mol. The SMILES string of the molecule is COc1ccccc1N(Cc1ccccc1C)S(=O)(=O)c1ccccc1. The number of ether oxygens (including phenoxy) is 1. The van der Waals surface area contributed by atoms with Crippen molar-refractivity contribution in [2.24, 2.45) is 0 Å². The highest BCUT2D eigenvalue weighted by Gasteiger charge is 2.27. The zero-order valence-electron chi connectivity index (χ0n) is 14.8. The van der Waals surface area contributed by atoms with Crippen molar-refractivity contribution in [3.8, 4) is 5.75 Å². The lowest BCUT2D eigenvalue weighted by atomic mass is 10.1. The van der Waals surface area contributed by atoms with Crippen molar-refractivity contribution in [1.82, 2.24) is 0 Å². The zero-order valence-corrected chi connectivity index (χ0v) is 15.6. The van der Waals surface area contributed by atoms with E-state index in [2.05, 4.69) is 0 Å². The van der Waals surface area contributed by atoms with Gasteiger partial charge in [-0.2, -0.15) is 0 Å². The molecule has 0 radical (unpaired) electrons. The minimum atomic E-state index is -3.75. The molecule has 0 fully saturated rings. The van der Waals surface area contributed by atoms with Gasteiger partial charge < -0.3 is 4.74 Å². The average Bonchev–Trinajstić information content (AvgIpc) is 2.68. The molecule has 0 aliphatic carbocycles. The predicted octanol–water partition coefficient (Wildman–Crippen LogP) is 4.40. The first kappa shape index (κ1) is 18.0. The zero-order chi connectivity index (χ0) is 18.6. The van der Waals surface area contributed by atoms with Crippen LogP contribution in [0.3, 0.4) is 0 Å². The molecule has 0 unspecified atom stereocenters. The summed E-state index contributed by atoms with van der Waals surface area (Å²) in [4.78, 5) is 0.250. The van der Waals surface area contributed by atoms with Crippen LogP contribution in [-0.4, -0.2) is 15.5 Å². The number of hydrogen-bond donors (Lipinski definition) is 0. The summed E-state index contributed by atoms with van der Waals surface area (Å²) in [5.74, 6) is 0.514. The third-order valence-corrected chi connectivity index (χ3v) is 6.03. The maximum absolute atomic E-state index is 13.4. The molecule has 3 rings (SSSR count). The molecule has 26 heavy (non-hydrogen) atoms. The second-order valence-electron chi connectivity index (χ2n) is 5.92. The van der Waals surface area contributed by atoms with Crippen molar-refractivity contribution in [2.75, 3.05) is 11.4 Å². The van der Waals surface area contributed by atoms with Gasteiger partial charge in [-0.05, 0) is 42.3 Å². The van der Waals surface area contributed by atoms with Crippen LogP contribution in [0.25, 0.3) is 0 Å². The summed E-state index contributed by atoms with van der Waals surface area (Å²) in [5, 5.41) is 0. The lowest BCUT2D eigenvalue weighted by molar-refractivity contribution is 0.415. The number of nitrogens with zero attached hydrogens (tertiary/aromatic N) is 1. The van der Waals surface area contributed by atoms with Crippen LogP contribution in [0.2, 0.25) is 0 Å². The van der Waals surface area contributed by atoms with Gasteiger partial charge in [-0.15, -0.1) is 0 Å². The van der Waals surface area contributed by atoms with E-state index in [9.17, 15) is 8.42 Å². The number of methoxy groups -OCH3 is 1. The smallest absolute Gasteiger partial charge is 0.264 e. The molecular formula is C21H21NO3S. The van der Waals surface area contributed by atoms with Gasteiger partial charge in [0.25, 0.3) is 10.0 Å². The van der Waals surface area contributed by atoms with E-state index in [1.54, 1.807) is 49.6 Å². The highest BCUT2D eigenvalue weighted by molar-refractivity contribution is 7.92. The van der Waals surface area contributed by atoms with E-state index in [-0.39, 0.29) is 11.4 Å². The summed E-state index contributed by atoms with van der Waals surface area (Å²) in [7, 11) is -2.21. The van der Waals surface area contributed by atoms with Crippen LogP contribution in [-0.2, 0) is 16.6 Å². The van der Waals surface area contributed by atoms with Gasteiger partial charge in [0.1, 0.15) is 5.75 Å². The summed E-state index contributed by atoms with van der Waals surface area (Å²) in [6.45, 7) is 2.20. The van der Waals surface area contributed by atoms with Crippen LogP contribution in [0, 0.1) is 6.92 Å². The molecular weight excluding hydrogens is 346 g/mol. The van der Waals surface area contributed by atoms with Gasteiger partial charge in [-0.1, -0.05) is 54.6 Å². The van der Waals surface area contributed by atoms with E-state index in [1.165, 1.54) is 4.31 Å². The number of hydrogen-bond acceptors (Lipinski definition) is 3. The molecule has 0 aliphatic rings.